The minimum Gasteiger partial charge on any atom is -0.383 e. The normalized spacial score (nSPS) is 14.4. The van der Waals surface area contributed by atoms with Crippen molar-refractivity contribution in [3.63, 3.8) is 0 Å². The van der Waals surface area contributed by atoms with Gasteiger partial charge in [0.1, 0.15) is 11.6 Å². The number of hydrogen-bond acceptors (Lipinski definition) is 5. The average Bonchev–Trinajstić information content (AvgIpc) is 3.40. The van der Waals surface area contributed by atoms with Crippen LogP contribution in [0, 0.1) is 5.82 Å². The van der Waals surface area contributed by atoms with E-state index in [0.717, 1.165) is 59.3 Å². The van der Waals surface area contributed by atoms with Gasteiger partial charge in [-0.2, -0.15) is 5.10 Å². The summed E-state index contributed by atoms with van der Waals surface area (Å²) < 4.78 is 14.7. The van der Waals surface area contributed by atoms with Gasteiger partial charge in [-0.1, -0.05) is 36.4 Å². The molecule has 0 amide bonds. The molecule has 174 valence electrons. The number of nitrogens with one attached hydrogen (secondary N) is 2. The van der Waals surface area contributed by atoms with Crippen LogP contribution >= 0.6 is 0 Å². The number of H-pyrrole nitrogens is 1. The Morgan fingerprint density at radius 2 is 1.66 bits per heavy atom. The molecule has 1 aliphatic heterocycles. The maximum Gasteiger partial charge on any atom is 0.132 e. The molecule has 4 heterocycles. The number of aromatic nitrogens is 4. The van der Waals surface area contributed by atoms with Crippen molar-refractivity contribution in [2.75, 3.05) is 18.8 Å². The Labute approximate surface area is 202 Å². The number of pyridine rings is 2. The van der Waals surface area contributed by atoms with Crippen molar-refractivity contribution in [2.24, 2.45) is 0 Å². The van der Waals surface area contributed by atoms with Crippen LogP contribution in [-0.2, 0) is 0 Å². The number of aromatic amines is 1. The molecule has 2 aromatic carbocycles. The number of nitrogens with zero attached hydrogens (tertiary/aromatic N) is 3. The zero-order valence-corrected chi connectivity index (χ0v) is 19.1. The van der Waals surface area contributed by atoms with Gasteiger partial charge >= 0.3 is 0 Å². The molecule has 1 aliphatic rings. The highest BCUT2D eigenvalue weighted by Crippen LogP contribution is 2.37. The zero-order valence-electron chi connectivity index (χ0n) is 19.1. The van der Waals surface area contributed by atoms with Crippen LogP contribution in [0.3, 0.4) is 0 Å². The Balaban J connectivity index is 1.47. The van der Waals surface area contributed by atoms with Gasteiger partial charge < -0.3 is 11.1 Å². The first-order valence-corrected chi connectivity index (χ1v) is 11.8. The highest BCUT2D eigenvalue weighted by Gasteiger charge is 2.22. The molecule has 35 heavy (non-hydrogen) atoms. The quantitative estimate of drug-likeness (QED) is 0.325. The lowest BCUT2D eigenvalue weighted by atomic mass is 9.90. The van der Waals surface area contributed by atoms with Crippen LogP contribution in [0.1, 0.15) is 24.5 Å². The molecule has 0 bridgehead atoms. The number of nitrogens with two attached hydrogens (primary N) is 1. The molecule has 4 N–H and O–H groups in total. The molecule has 0 atom stereocenters. The summed E-state index contributed by atoms with van der Waals surface area (Å²) >= 11 is 0. The van der Waals surface area contributed by atoms with Crippen LogP contribution in [-0.4, -0.2) is 33.3 Å². The third-order valence-electron chi connectivity index (χ3n) is 6.83. The van der Waals surface area contributed by atoms with Crippen molar-refractivity contribution in [3.8, 4) is 33.5 Å². The predicted molar refractivity (Wildman–Crippen MR) is 137 cm³/mol. The Morgan fingerprint density at radius 1 is 0.829 bits per heavy atom. The van der Waals surface area contributed by atoms with E-state index in [4.69, 9.17) is 5.73 Å². The Hall–Kier alpha value is -4.10. The van der Waals surface area contributed by atoms with Crippen LogP contribution in [0.25, 0.3) is 44.3 Å². The summed E-state index contributed by atoms with van der Waals surface area (Å²) in [7, 11) is 0. The Kier molecular flexibility index (Phi) is 5.47. The van der Waals surface area contributed by atoms with E-state index in [9.17, 15) is 4.39 Å². The predicted octanol–water partition coefficient (Wildman–Crippen LogP) is 5.54. The van der Waals surface area contributed by atoms with Crippen LogP contribution in [0.4, 0.5) is 10.2 Å². The lowest BCUT2D eigenvalue weighted by Crippen LogP contribution is -2.27. The fourth-order valence-corrected chi connectivity index (χ4v) is 4.99. The Morgan fingerprint density at radius 3 is 2.49 bits per heavy atom. The lowest BCUT2D eigenvalue weighted by molar-refractivity contribution is 0.453. The summed E-state index contributed by atoms with van der Waals surface area (Å²) in [5, 5.41) is 12.3. The van der Waals surface area contributed by atoms with Crippen LogP contribution < -0.4 is 11.1 Å². The SMILES string of the molecule is Nc1ncc(-c2c[nH]nc2C2CCNCC2)cc1-c1cc2c(-c3ccccc3)ccc(F)c2cn1. The van der Waals surface area contributed by atoms with Crippen molar-refractivity contribution in [3.05, 3.63) is 84.7 Å². The van der Waals surface area contributed by atoms with Gasteiger partial charge in [0.25, 0.3) is 0 Å². The number of fused-ring (bicyclic) bond motifs is 1. The largest absolute Gasteiger partial charge is 0.383 e. The second kappa shape index (κ2) is 8.92. The fraction of sp³-hybridized carbons (Fsp3) is 0.179. The monoisotopic (exact) mass is 464 g/mol. The lowest BCUT2D eigenvalue weighted by Gasteiger charge is -2.22. The summed E-state index contributed by atoms with van der Waals surface area (Å²) in [6.07, 6.45) is 7.38. The second-order valence-corrected chi connectivity index (χ2v) is 8.94. The molecule has 0 aliphatic carbocycles. The van der Waals surface area contributed by atoms with E-state index in [2.05, 4.69) is 25.5 Å². The summed E-state index contributed by atoms with van der Waals surface area (Å²) in [5.74, 6) is 0.475. The molecule has 6 rings (SSSR count). The molecule has 0 spiro atoms. The maximum absolute atomic E-state index is 14.7. The van der Waals surface area contributed by atoms with Gasteiger partial charge in [-0.25, -0.2) is 9.37 Å². The van der Waals surface area contributed by atoms with E-state index in [1.807, 2.05) is 54.7 Å². The molecular weight excluding hydrogens is 439 g/mol. The number of hydrogen-bond donors (Lipinski definition) is 3. The van der Waals surface area contributed by atoms with E-state index < -0.39 is 0 Å². The number of benzene rings is 2. The maximum atomic E-state index is 14.7. The van der Waals surface area contributed by atoms with E-state index in [0.29, 0.717) is 28.4 Å². The van der Waals surface area contributed by atoms with E-state index >= 15 is 0 Å². The molecule has 1 saturated heterocycles. The number of anilines is 1. The van der Waals surface area contributed by atoms with E-state index in [1.165, 1.54) is 6.07 Å². The zero-order chi connectivity index (χ0) is 23.8. The van der Waals surface area contributed by atoms with Crippen LogP contribution in [0.15, 0.2) is 73.2 Å². The van der Waals surface area contributed by atoms with Crippen molar-refractivity contribution >= 4 is 16.6 Å². The van der Waals surface area contributed by atoms with Crippen LogP contribution in [0.5, 0.6) is 0 Å². The van der Waals surface area contributed by atoms with Crippen molar-refractivity contribution in [1.82, 2.24) is 25.5 Å². The highest BCUT2D eigenvalue weighted by molar-refractivity contribution is 5.99. The summed E-state index contributed by atoms with van der Waals surface area (Å²) in [6.45, 7) is 1.98. The van der Waals surface area contributed by atoms with E-state index in [-0.39, 0.29) is 5.82 Å². The first-order valence-electron chi connectivity index (χ1n) is 11.8. The van der Waals surface area contributed by atoms with Gasteiger partial charge in [0, 0.05) is 46.6 Å². The van der Waals surface area contributed by atoms with E-state index in [1.54, 1.807) is 12.4 Å². The van der Waals surface area contributed by atoms with Crippen molar-refractivity contribution in [1.29, 1.82) is 0 Å². The molecule has 3 aromatic heterocycles. The molecule has 7 heteroatoms. The molecule has 5 aromatic rings. The number of nitrogen functional groups attached to an aromatic ring is 1. The molecule has 0 radical (unpaired) electrons. The van der Waals surface area contributed by atoms with Gasteiger partial charge in [0.05, 0.1) is 11.4 Å². The van der Waals surface area contributed by atoms with Gasteiger partial charge in [0.2, 0.25) is 0 Å². The third kappa shape index (κ3) is 3.94. The third-order valence-corrected chi connectivity index (χ3v) is 6.83. The smallest absolute Gasteiger partial charge is 0.132 e. The molecule has 1 fully saturated rings. The highest BCUT2D eigenvalue weighted by atomic mass is 19.1. The first kappa shape index (κ1) is 21.4. The Bertz CT molecular complexity index is 1510. The molecular formula is C28H25FN6. The summed E-state index contributed by atoms with van der Waals surface area (Å²) in [6, 6.07) is 17.2. The molecule has 0 unspecified atom stereocenters. The van der Waals surface area contributed by atoms with Gasteiger partial charge in [-0.05, 0) is 60.6 Å². The van der Waals surface area contributed by atoms with Gasteiger partial charge in [-0.3, -0.25) is 10.1 Å². The first-order chi connectivity index (χ1) is 17.2. The minimum absolute atomic E-state index is 0.302. The number of rotatable bonds is 4. The van der Waals surface area contributed by atoms with Crippen molar-refractivity contribution in [2.45, 2.75) is 18.8 Å². The van der Waals surface area contributed by atoms with Gasteiger partial charge in [0.15, 0.2) is 0 Å². The van der Waals surface area contributed by atoms with Crippen molar-refractivity contribution < 1.29 is 4.39 Å². The molecule has 6 nitrogen and oxygen atoms in total. The minimum atomic E-state index is -0.302. The number of piperidine rings is 1. The fourth-order valence-electron chi connectivity index (χ4n) is 4.99. The standard InChI is InChI=1S/C28H25FN6/c29-25-7-6-20(17-4-2-1-3-5-17)21-13-26(32-15-24(21)25)22-12-19(14-33-28(22)30)23-16-34-35-27(23)18-8-10-31-11-9-18/h1-7,12-16,18,31H,8-11H2,(H2,30,33)(H,34,35). The average molecular weight is 465 g/mol. The number of halogens is 1. The van der Waals surface area contributed by atoms with Gasteiger partial charge in [-0.15, -0.1) is 0 Å². The second-order valence-electron chi connectivity index (χ2n) is 8.94. The van der Waals surface area contributed by atoms with Crippen LogP contribution in [0.2, 0.25) is 0 Å². The summed E-state index contributed by atoms with van der Waals surface area (Å²) in [4.78, 5) is 9.06. The topological polar surface area (TPSA) is 92.5 Å². The molecule has 0 saturated carbocycles. The summed E-state index contributed by atoms with van der Waals surface area (Å²) in [5.41, 5.74) is 12.7.